The molecule has 3 nitrogen and oxygen atoms in total. The first-order chi connectivity index (χ1) is 5.63. The Morgan fingerprint density at radius 1 is 1.67 bits per heavy atom. The van der Waals surface area contributed by atoms with E-state index < -0.39 is 0 Å². The maximum atomic E-state index is 8.59. The molecule has 0 radical (unpaired) electrons. The minimum atomic E-state index is 0.547. The van der Waals surface area contributed by atoms with Gasteiger partial charge in [0.15, 0.2) is 0 Å². The number of rotatable bonds is 2. The number of anilines is 1. The molecule has 0 fully saturated rings. The van der Waals surface area contributed by atoms with Crippen molar-refractivity contribution in [2.24, 2.45) is 5.92 Å². The standard InChI is InChI=1S/C9H13N3/c1-7(2)5-12-6-8(4-10)3-9(12)11/h3,6-7H,5,11H2,1-2H3. The lowest BCUT2D eigenvalue weighted by Gasteiger charge is -2.07. The smallest absolute Gasteiger partial charge is 0.104 e. The van der Waals surface area contributed by atoms with E-state index in [2.05, 4.69) is 19.9 Å². The third kappa shape index (κ3) is 1.79. The molecule has 1 aromatic rings. The van der Waals surface area contributed by atoms with E-state index in [0.29, 0.717) is 17.3 Å². The van der Waals surface area contributed by atoms with Crippen LogP contribution in [0, 0.1) is 17.2 Å². The molecule has 0 atom stereocenters. The Labute approximate surface area is 72.4 Å². The van der Waals surface area contributed by atoms with Crippen molar-refractivity contribution in [3.63, 3.8) is 0 Å². The summed E-state index contributed by atoms with van der Waals surface area (Å²) in [5.41, 5.74) is 6.31. The predicted octanol–water partition coefficient (Wildman–Crippen LogP) is 1.60. The van der Waals surface area contributed by atoms with Crippen molar-refractivity contribution in [3.8, 4) is 6.07 Å². The Kier molecular flexibility index (Phi) is 2.39. The Morgan fingerprint density at radius 3 is 2.75 bits per heavy atom. The number of hydrogen-bond donors (Lipinski definition) is 1. The van der Waals surface area contributed by atoms with Gasteiger partial charge < -0.3 is 10.3 Å². The second-order valence-electron chi connectivity index (χ2n) is 3.31. The monoisotopic (exact) mass is 163 g/mol. The van der Waals surface area contributed by atoms with E-state index in [1.165, 1.54) is 0 Å². The van der Waals surface area contributed by atoms with Crippen LogP contribution in [-0.2, 0) is 6.54 Å². The van der Waals surface area contributed by atoms with Crippen LogP contribution in [-0.4, -0.2) is 4.57 Å². The van der Waals surface area contributed by atoms with Gasteiger partial charge in [-0.25, -0.2) is 0 Å². The fourth-order valence-electron chi connectivity index (χ4n) is 1.13. The summed E-state index contributed by atoms with van der Waals surface area (Å²) in [5, 5.41) is 8.59. The molecule has 1 rings (SSSR count). The van der Waals surface area contributed by atoms with Gasteiger partial charge in [0.25, 0.3) is 0 Å². The zero-order valence-corrected chi connectivity index (χ0v) is 7.41. The minimum Gasteiger partial charge on any atom is -0.385 e. The van der Waals surface area contributed by atoms with Crippen LogP contribution in [0.15, 0.2) is 12.3 Å². The number of nitriles is 1. The van der Waals surface area contributed by atoms with E-state index in [-0.39, 0.29) is 0 Å². The molecule has 12 heavy (non-hydrogen) atoms. The van der Waals surface area contributed by atoms with Gasteiger partial charge in [0.1, 0.15) is 11.9 Å². The Hall–Kier alpha value is -1.43. The van der Waals surface area contributed by atoms with Crippen molar-refractivity contribution in [1.82, 2.24) is 4.57 Å². The van der Waals surface area contributed by atoms with Gasteiger partial charge in [0.2, 0.25) is 0 Å². The van der Waals surface area contributed by atoms with Gasteiger partial charge in [-0.05, 0) is 12.0 Å². The maximum Gasteiger partial charge on any atom is 0.104 e. The number of nitrogens with zero attached hydrogens (tertiary/aromatic N) is 2. The van der Waals surface area contributed by atoms with Crippen LogP contribution in [0.5, 0.6) is 0 Å². The maximum absolute atomic E-state index is 8.59. The molecule has 0 amide bonds. The number of nitrogen functional groups attached to an aromatic ring is 1. The van der Waals surface area contributed by atoms with E-state index >= 15 is 0 Å². The van der Waals surface area contributed by atoms with Gasteiger partial charge >= 0.3 is 0 Å². The lowest BCUT2D eigenvalue weighted by molar-refractivity contribution is 0.529. The van der Waals surface area contributed by atoms with Crippen molar-refractivity contribution in [1.29, 1.82) is 5.26 Å². The first-order valence-electron chi connectivity index (χ1n) is 3.99. The molecule has 0 aliphatic heterocycles. The summed E-state index contributed by atoms with van der Waals surface area (Å²) < 4.78 is 1.91. The van der Waals surface area contributed by atoms with E-state index in [1.54, 1.807) is 12.3 Å². The van der Waals surface area contributed by atoms with Gasteiger partial charge in [-0.3, -0.25) is 0 Å². The summed E-state index contributed by atoms with van der Waals surface area (Å²) in [5.74, 6) is 1.21. The second kappa shape index (κ2) is 3.31. The average molecular weight is 163 g/mol. The van der Waals surface area contributed by atoms with Gasteiger partial charge in [0.05, 0.1) is 5.56 Å². The van der Waals surface area contributed by atoms with Crippen molar-refractivity contribution in [2.45, 2.75) is 20.4 Å². The van der Waals surface area contributed by atoms with Crippen LogP contribution >= 0.6 is 0 Å². The van der Waals surface area contributed by atoms with E-state index in [4.69, 9.17) is 11.0 Å². The SMILES string of the molecule is CC(C)Cn1cc(C#N)cc1N. The Morgan fingerprint density at radius 2 is 2.33 bits per heavy atom. The van der Waals surface area contributed by atoms with Crippen LogP contribution in [0.4, 0.5) is 5.82 Å². The highest BCUT2D eigenvalue weighted by Crippen LogP contribution is 2.11. The third-order valence-electron chi connectivity index (χ3n) is 1.62. The quantitative estimate of drug-likeness (QED) is 0.719. The van der Waals surface area contributed by atoms with Crippen molar-refractivity contribution in [3.05, 3.63) is 17.8 Å². The summed E-state index contributed by atoms with van der Waals surface area (Å²) >= 11 is 0. The molecule has 0 aliphatic carbocycles. The fraction of sp³-hybridized carbons (Fsp3) is 0.444. The summed E-state index contributed by atoms with van der Waals surface area (Å²) in [6, 6.07) is 3.76. The lowest BCUT2D eigenvalue weighted by atomic mass is 10.2. The molecule has 1 aromatic heterocycles. The normalized spacial score (nSPS) is 10.2. The molecule has 0 aliphatic rings. The molecule has 3 heteroatoms. The molecule has 0 aromatic carbocycles. The molecule has 0 saturated heterocycles. The first kappa shape index (κ1) is 8.66. The van der Waals surface area contributed by atoms with Gasteiger partial charge in [0, 0.05) is 12.7 Å². The molecule has 64 valence electrons. The summed E-state index contributed by atoms with van der Waals surface area (Å²) in [7, 11) is 0. The van der Waals surface area contributed by atoms with Gasteiger partial charge in [-0.2, -0.15) is 5.26 Å². The van der Waals surface area contributed by atoms with Crippen LogP contribution in [0.1, 0.15) is 19.4 Å². The van der Waals surface area contributed by atoms with E-state index in [1.807, 2.05) is 4.57 Å². The molecule has 2 N–H and O–H groups in total. The highest BCUT2D eigenvalue weighted by atomic mass is 15.0. The van der Waals surface area contributed by atoms with E-state index in [9.17, 15) is 0 Å². The molecule has 0 spiro atoms. The predicted molar refractivity (Wildman–Crippen MR) is 48.4 cm³/mol. The molecule has 1 heterocycles. The fourth-order valence-corrected chi connectivity index (χ4v) is 1.13. The minimum absolute atomic E-state index is 0.547. The van der Waals surface area contributed by atoms with Gasteiger partial charge in [-0.1, -0.05) is 13.8 Å². The molecule has 0 unspecified atom stereocenters. The summed E-state index contributed by atoms with van der Waals surface area (Å²) in [6.07, 6.45) is 1.79. The molecular formula is C9H13N3. The summed E-state index contributed by atoms with van der Waals surface area (Å²) in [4.78, 5) is 0. The van der Waals surface area contributed by atoms with Crippen molar-refractivity contribution < 1.29 is 0 Å². The van der Waals surface area contributed by atoms with Crippen LogP contribution in [0.2, 0.25) is 0 Å². The average Bonchev–Trinajstić information content (AvgIpc) is 2.31. The molecule has 0 bridgehead atoms. The van der Waals surface area contributed by atoms with Crippen LogP contribution in [0.3, 0.4) is 0 Å². The van der Waals surface area contributed by atoms with Gasteiger partial charge in [-0.15, -0.1) is 0 Å². The number of nitrogens with two attached hydrogens (primary N) is 1. The Balaban J connectivity index is 2.86. The second-order valence-corrected chi connectivity index (χ2v) is 3.31. The van der Waals surface area contributed by atoms with E-state index in [0.717, 1.165) is 6.54 Å². The first-order valence-corrected chi connectivity index (χ1v) is 3.99. The number of hydrogen-bond acceptors (Lipinski definition) is 2. The topological polar surface area (TPSA) is 54.7 Å². The lowest BCUT2D eigenvalue weighted by Crippen LogP contribution is -2.05. The summed E-state index contributed by atoms with van der Waals surface area (Å²) in [6.45, 7) is 5.10. The van der Waals surface area contributed by atoms with Crippen LogP contribution in [0.25, 0.3) is 0 Å². The van der Waals surface area contributed by atoms with Crippen molar-refractivity contribution in [2.75, 3.05) is 5.73 Å². The highest BCUT2D eigenvalue weighted by molar-refractivity contribution is 5.41. The number of aromatic nitrogens is 1. The van der Waals surface area contributed by atoms with Crippen LogP contribution < -0.4 is 5.73 Å². The Bertz CT molecular complexity index is 304. The molecular weight excluding hydrogens is 150 g/mol. The highest BCUT2D eigenvalue weighted by Gasteiger charge is 2.03. The van der Waals surface area contributed by atoms with Crippen molar-refractivity contribution >= 4 is 5.82 Å². The molecule has 0 saturated carbocycles. The zero-order valence-electron chi connectivity index (χ0n) is 7.41. The zero-order chi connectivity index (χ0) is 9.14. The largest absolute Gasteiger partial charge is 0.385 e. The third-order valence-corrected chi connectivity index (χ3v) is 1.62.